The molecule has 0 unspecified atom stereocenters. The Labute approximate surface area is 122 Å². The first-order valence-electron chi connectivity index (χ1n) is 6.30. The molecule has 0 bridgehead atoms. The van der Waals surface area contributed by atoms with Crippen LogP contribution in [0.2, 0.25) is 0 Å². The van der Waals surface area contributed by atoms with Gasteiger partial charge >= 0.3 is 5.97 Å². The largest absolute Gasteiger partial charge is 0.489 e. The molecule has 0 aliphatic rings. The number of carbonyl (C=O) groups is 1. The first-order valence-corrected chi connectivity index (χ1v) is 7.42. The molecule has 1 rings (SSSR count). The number of esters is 1. The normalized spacial score (nSPS) is 10.0. The van der Waals surface area contributed by atoms with Crippen molar-refractivity contribution in [1.29, 1.82) is 0 Å². The summed E-state index contributed by atoms with van der Waals surface area (Å²) in [5.41, 5.74) is 1.51. The van der Waals surface area contributed by atoms with Crippen molar-refractivity contribution in [2.24, 2.45) is 0 Å². The molecule has 1 aromatic carbocycles. The molecular weight excluding hydrogens is 308 g/mol. The number of unbranched alkanes of at least 4 members (excludes halogenated alkanes) is 1. The summed E-state index contributed by atoms with van der Waals surface area (Å²) in [6, 6.07) is 7.66. The summed E-state index contributed by atoms with van der Waals surface area (Å²) < 4.78 is 10.5. The Kier molecular flexibility index (Phi) is 7.26. The molecule has 0 heterocycles. The van der Waals surface area contributed by atoms with E-state index in [0.29, 0.717) is 17.9 Å². The third-order valence-corrected chi connectivity index (χ3v) is 3.16. The summed E-state index contributed by atoms with van der Waals surface area (Å²) in [6.45, 7) is 6.31. The number of halogens is 1. The van der Waals surface area contributed by atoms with E-state index in [2.05, 4.69) is 22.5 Å². The van der Waals surface area contributed by atoms with Gasteiger partial charge in [-0.05, 0) is 24.1 Å². The molecule has 19 heavy (non-hydrogen) atoms. The molecule has 0 N–H and O–H groups in total. The van der Waals surface area contributed by atoms with Crippen LogP contribution < -0.4 is 4.74 Å². The minimum absolute atomic E-state index is 0.151. The molecule has 0 atom stereocenters. The van der Waals surface area contributed by atoms with Crippen molar-refractivity contribution in [2.45, 2.75) is 25.1 Å². The maximum atomic E-state index is 11.5. The first-order chi connectivity index (χ1) is 9.17. The minimum atomic E-state index is -0.384. The lowest BCUT2D eigenvalue weighted by molar-refractivity contribution is -0.139. The standard InChI is InChI=1S/C15H19BrO3/c1-3-4-9-18-15(17)12(2)11-19-14-7-5-13(10-16)6-8-14/h5-8H,2-4,9-11H2,1H3. The van der Waals surface area contributed by atoms with E-state index in [4.69, 9.17) is 9.47 Å². The van der Waals surface area contributed by atoms with E-state index < -0.39 is 0 Å². The van der Waals surface area contributed by atoms with E-state index in [0.717, 1.165) is 18.2 Å². The fraction of sp³-hybridized carbons (Fsp3) is 0.400. The quantitative estimate of drug-likeness (QED) is 0.315. The average Bonchev–Trinajstić information content (AvgIpc) is 2.45. The van der Waals surface area contributed by atoms with E-state index in [1.807, 2.05) is 31.2 Å². The van der Waals surface area contributed by atoms with Crippen molar-refractivity contribution < 1.29 is 14.3 Å². The summed E-state index contributed by atoms with van der Waals surface area (Å²) in [6.07, 6.45) is 1.87. The molecule has 0 saturated heterocycles. The molecule has 0 radical (unpaired) electrons. The highest BCUT2D eigenvalue weighted by atomic mass is 79.9. The van der Waals surface area contributed by atoms with Crippen molar-refractivity contribution >= 4 is 21.9 Å². The predicted octanol–water partition coefficient (Wildman–Crippen LogP) is 3.86. The predicted molar refractivity (Wildman–Crippen MR) is 79.6 cm³/mol. The number of ether oxygens (including phenoxy) is 2. The fourth-order valence-corrected chi connectivity index (χ4v) is 1.69. The lowest BCUT2D eigenvalue weighted by atomic mass is 10.2. The molecule has 104 valence electrons. The molecule has 0 aliphatic heterocycles. The van der Waals surface area contributed by atoms with E-state index in [9.17, 15) is 4.79 Å². The third kappa shape index (κ3) is 5.92. The Morgan fingerprint density at radius 2 is 2.00 bits per heavy atom. The van der Waals surface area contributed by atoms with Crippen molar-refractivity contribution in [1.82, 2.24) is 0 Å². The van der Waals surface area contributed by atoms with Crippen molar-refractivity contribution in [2.75, 3.05) is 13.2 Å². The second kappa shape index (κ2) is 8.75. The Balaban J connectivity index is 2.34. The van der Waals surface area contributed by atoms with E-state index in [1.165, 1.54) is 5.56 Å². The number of alkyl halides is 1. The number of benzene rings is 1. The van der Waals surface area contributed by atoms with Gasteiger partial charge in [0.15, 0.2) is 0 Å². The van der Waals surface area contributed by atoms with Gasteiger partial charge in [-0.2, -0.15) is 0 Å². The Morgan fingerprint density at radius 1 is 1.32 bits per heavy atom. The molecule has 0 spiro atoms. The van der Waals surface area contributed by atoms with Crippen LogP contribution in [0.15, 0.2) is 36.4 Å². The Bertz CT molecular complexity index is 412. The molecule has 1 aromatic rings. The molecule has 3 nitrogen and oxygen atoms in total. The van der Waals surface area contributed by atoms with Gasteiger partial charge in [-0.1, -0.05) is 48.0 Å². The Hall–Kier alpha value is -1.29. The van der Waals surface area contributed by atoms with E-state index in [-0.39, 0.29) is 12.6 Å². The van der Waals surface area contributed by atoms with Crippen LogP contribution in [-0.4, -0.2) is 19.2 Å². The van der Waals surface area contributed by atoms with Crippen molar-refractivity contribution in [3.63, 3.8) is 0 Å². The SMILES string of the molecule is C=C(COc1ccc(CBr)cc1)C(=O)OCCCC. The monoisotopic (exact) mass is 326 g/mol. The van der Waals surface area contributed by atoms with Gasteiger partial charge in [-0.25, -0.2) is 4.79 Å². The van der Waals surface area contributed by atoms with Crippen LogP contribution in [-0.2, 0) is 14.9 Å². The van der Waals surface area contributed by atoms with Gasteiger partial charge in [-0.3, -0.25) is 0 Å². The van der Waals surface area contributed by atoms with Gasteiger partial charge < -0.3 is 9.47 Å². The summed E-state index contributed by atoms with van der Waals surface area (Å²) in [5, 5.41) is 0.809. The van der Waals surface area contributed by atoms with Gasteiger partial charge in [0.05, 0.1) is 12.2 Å². The second-order valence-electron chi connectivity index (χ2n) is 4.16. The number of rotatable bonds is 8. The molecule has 0 fully saturated rings. The fourth-order valence-electron chi connectivity index (χ4n) is 1.32. The second-order valence-corrected chi connectivity index (χ2v) is 4.72. The molecular formula is C15H19BrO3. The zero-order chi connectivity index (χ0) is 14.1. The zero-order valence-corrected chi connectivity index (χ0v) is 12.7. The summed E-state index contributed by atoms with van der Waals surface area (Å²) in [4.78, 5) is 11.5. The molecule has 0 aromatic heterocycles. The minimum Gasteiger partial charge on any atom is -0.489 e. The van der Waals surface area contributed by atoms with Crippen molar-refractivity contribution in [3.8, 4) is 5.75 Å². The lowest BCUT2D eigenvalue weighted by Gasteiger charge is -2.09. The zero-order valence-electron chi connectivity index (χ0n) is 11.2. The third-order valence-electron chi connectivity index (χ3n) is 2.51. The average molecular weight is 327 g/mol. The smallest absolute Gasteiger partial charge is 0.336 e. The first kappa shape index (κ1) is 15.8. The maximum absolute atomic E-state index is 11.5. The highest BCUT2D eigenvalue weighted by Crippen LogP contribution is 2.14. The summed E-state index contributed by atoms with van der Waals surface area (Å²) in [5.74, 6) is 0.331. The molecule has 0 amide bonds. The number of carbonyl (C=O) groups excluding carboxylic acids is 1. The van der Waals surface area contributed by atoms with Crippen LogP contribution >= 0.6 is 15.9 Å². The topological polar surface area (TPSA) is 35.5 Å². The Morgan fingerprint density at radius 3 is 2.58 bits per heavy atom. The summed E-state index contributed by atoms with van der Waals surface area (Å²) in [7, 11) is 0. The maximum Gasteiger partial charge on any atom is 0.336 e. The van der Waals surface area contributed by atoms with Gasteiger partial charge in [0, 0.05) is 5.33 Å². The molecule has 4 heteroatoms. The van der Waals surface area contributed by atoms with Crippen LogP contribution in [0, 0.1) is 0 Å². The van der Waals surface area contributed by atoms with E-state index >= 15 is 0 Å². The highest BCUT2D eigenvalue weighted by molar-refractivity contribution is 9.08. The van der Waals surface area contributed by atoms with Crippen molar-refractivity contribution in [3.05, 3.63) is 42.0 Å². The van der Waals surface area contributed by atoms with Crippen LogP contribution in [0.5, 0.6) is 5.75 Å². The summed E-state index contributed by atoms with van der Waals surface area (Å²) >= 11 is 3.38. The lowest BCUT2D eigenvalue weighted by Crippen LogP contribution is -2.14. The number of hydrogen-bond donors (Lipinski definition) is 0. The van der Waals surface area contributed by atoms with Crippen LogP contribution in [0.1, 0.15) is 25.3 Å². The van der Waals surface area contributed by atoms with Gasteiger partial charge in [-0.15, -0.1) is 0 Å². The van der Waals surface area contributed by atoms with Crippen LogP contribution in [0.3, 0.4) is 0 Å². The number of hydrogen-bond acceptors (Lipinski definition) is 3. The molecule has 0 saturated carbocycles. The highest BCUT2D eigenvalue weighted by Gasteiger charge is 2.09. The van der Waals surface area contributed by atoms with Crippen LogP contribution in [0.4, 0.5) is 0 Å². The van der Waals surface area contributed by atoms with E-state index in [1.54, 1.807) is 0 Å². The van der Waals surface area contributed by atoms with Crippen LogP contribution in [0.25, 0.3) is 0 Å². The van der Waals surface area contributed by atoms with Gasteiger partial charge in [0.25, 0.3) is 0 Å². The molecule has 0 aliphatic carbocycles. The van der Waals surface area contributed by atoms with Gasteiger partial charge in [0.2, 0.25) is 0 Å². The van der Waals surface area contributed by atoms with Gasteiger partial charge in [0.1, 0.15) is 12.4 Å².